The van der Waals surface area contributed by atoms with Crippen molar-refractivity contribution in [3.8, 4) is 11.5 Å². The zero-order chi connectivity index (χ0) is 23.9. The number of rotatable bonds is 7. The van der Waals surface area contributed by atoms with Gasteiger partial charge in [-0.3, -0.25) is 9.78 Å². The number of anilines is 2. The molecule has 0 aliphatic heterocycles. The average Bonchev–Trinajstić information content (AvgIpc) is 3.60. The van der Waals surface area contributed by atoms with E-state index >= 15 is 0 Å². The zero-order valence-electron chi connectivity index (χ0n) is 18.3. The SMILES string of the molecule is Cn1c(Nc2ccc(C(F)(F)F)cc2)nc2cc(Oc3ccnc(CC(=O)C4CC4)c3)ccc21. The minimum atomic E-state index is -4.38. The number of hydrogen-bond donors (Lipinski definition) is 1. The van der Waals surface area contributed by atoms with Crippen LogP contribution in [0.3, 0.4) is 0 Å². The highest BCUT2D eigenvalue weighted by molar-refractivity contribution is 5.85. The molecule has 34 heavy (non-hydrogen) atoms. The van der Waals surface area contributed by atoms with Crippen LogP contribution >= 0.6 is 0 Å². The largest absolute Gasteiger partial charge is 0.457 e. The zero-order valence-corrected chi connectivity index (χ0v) is 18.3. The van der Waals surface area contributed by atoms with Gasteiger partial charge in [0.25, 0.3) is 0 Å². The molecule has 2 heterocycles. The minimum Gasteiger partial charge on any atom is -0.457 e. The van der Waals surface area contributed by atoms with Gasteiger partial charge in [0, 0.05) is 43.4 Å². The molecule has 6 nitrogen and oxygen atoms in total. The van der Waals surface area contributed by atoms with E-state index in [4.69, 9.17) is 4.74 Å². The number of halogens is 3. The first-order valence-corrected chi connectivity index (χ1v) is 10.8. The Morgan fingerprint density at radius 3 is 2.53 bits per heavy atom. The van der Waals surface area contributed by atoms with Crippen molar-refractivity contribution in [2.45, 2.75) is 25.4 Å². The second kappa shape index (κ2) is 8.48. The predicted octanol–water partition coefficient (Wildman–Crippen LogP) is 6.04. The van der Waals surface area contributed by atoms with E-state index in [1.54, 1.807) is 30.5 Å². The molecular weight excluding hydrogens is 445 g/mol. The Hall–Kier alpha value is -3.88. The normalized spacial score (nSPS) is 13.8. The molecule has 4 aromatic rings. The van der Waals surface area contributed by atoms with Gasteiger partial charge in [-0.05, 0) is 55.3 Å². The molecule has 174 valence electrons. The van der Waals surface area contributed by atoms with E-state index in [1.807, 2.05) is 17.7 Å². The highest BCUT2D eigenvalue weighted by Gasteiger charge is 2.30. The average molecular weight is 466 g/mol. The molecule has 1 N–H and O–H groups in total. The van der Waals surface area contributed by atoms with Gasteiger partial charge in [-0.2, -0.15) is 13.2 Å². The maximum Gasteiger partial charge on any atom is 0.416 e. The van der Waals surface area contributed by atoms with Crippen molar-refractivity contribution in [2.24, 2.45) is 13.0 Å². The number of nitrogens with one attached hydrogen (secondary N) is 1. The molecule has 0 bridgehead atoms. The molecule has 1 saturated carbocycles. The number of alkyl halides is 3. The molecule has 1 aliphatic carbocycles. The summed E-state index contributed by atoms with van der Waals surface area (Å²) in [7, 11) is 1.81. The van der Waals surface area contributed by atoms with Gasteiger partial charge in [0.2, 0.25) is 5.95 Å². The van der Waals surface area contributed by atoms with Gasteiger partial charge in [0.05, 0.1) is 22.3 Å². The quantitative estimate of drug-likeness (QED) is 0.359. The van der Waals surface area contributed by atoms with Gasteiger partial charge >= 0.3 is 6.18 Å². The highest BCUT2D eigenvalue weighted by atomic mass is 19.4. The molecule has 0 radical (unpaired) electrons. The van der Waals surface area contributed by atoms with Crippen LogP contribution in [-0.2, 0) is 24.4 Å². The van der Waals surface area contributed by atoms with E-state index in [0.29, 0.717) is 40.8 Å². The lowest BCUT2D eigenvalue weighted by molar-refractivity contribution is -0.137. The number of ketones is 1. The summed E-state index contributed by atoms with van der Waals surface area (Å²) in [5, 5.41) is 3.05. The lowest BCUT2D eigenvalue weighted by atomic mass is 10.1. The smallest absolute Gasteiger partial charge is 0.416 e. The third-order valence-electron chi connectivity index (χ3n) is 5.73. The number of pyridine rings is 1. The van der Waals surface area contributed by atoms with Gasteiger partial charge in [0.1, 0.15) is 17.3 Å². The molecule has 1 aliphatic rings. The number of aromatic nitrogens is 3. The summed E-state index contributed by atoms with van der Waals surface area (Å²) in [4.78, 5) is 20.9. The maximum absolute atomic E-state index is 12.8. The van der Waals surface area contributed by atoms with Crippen LogP contribution < -0.4 is 10.1 Å². The molecule has 5 rings (SSSR count). The summed E-state index contributed by atoms with van der Waals surface area (Å²) in [6.07, 6.45) is -0.519. The first kappa shape index (κ1) is 21.9. The van der Waals surface area contributed by atoms with Gasteiger partial charge in [-0.25, -0.2) is 4.98 Å². The number of benzene rings is 2. The lowest BCUT2D eigenvalue weighted by Crippen LogP contribution is -2.06. The highest BCUT2D eigenvalue weighted by Crippen LogP contribution is 2.33. The molecule has 1 fully saturated rings. The number of Topliss-reactive ketones (excluding diaryl/α,β-unsaturated/α-hetero) is 1. The summed E-state index contributed by atoms with van der Waals surface area (Å²) in [6.45, 7) is 0. The Balaban J connectivity index is 1.33. The number of aryl methyl sites for hydroxylation is 1. The van der Waals surface area contributed by atoms with Gasteiger partial charge in [-0.1, -0.05) is 0 Å². The summed E-state index contributed by atoms with van der Waals surface area (Å²) in [5.41, 5.74) is 1.95. The second-order valence-electron chi connectivity index (χ2n) is 8.35. The van der Waals surface area contributed by atoms with Crippen LogP contribution in [0.4, 0.5) is 24.8 Å². The van der Waals surface area contributed by atoms with Gasteiger partial charge in [0.15, 0.2) is 0 Å². The molecule has 2 aromatic heterocycles. The third-order valence-corrected chi connectivity index (χ3v) is 5.73. The number of fused-ring (bicyclic) bond motifs is 1. The van der Waals surface area contributed by atoms with Crippen molar-refractivity contribution in [3.63, 3.8) is 0 Å². The Morgan fingerprint density at radius 2 is 1.82 bits per heavy atom. The number of imidazole rings is 1. The van der Waals surface area contributed by atoms with Gasteiger partial charge in [-0.15, -0.1) is 0 Å². The van der Waals surface area contributed by atoms with Crippen LogP contribution in [0.15, 0.2) is 60.8 Å². The van der Waals surface area contributed by atoms with Crippen molar-refractivity contribution < 1.29 is 22.7 Å². The molecule has 0 atom stereocenters. The van der Waals surface area contributed by atoms with E-state index in [0.717, 1.165) is 30.5 Å². The molecule has 9 heteroatoms. The Bertz CT molecular complexity index is 1360. The molecular formula is C25H21F3N4O2. The Kier molecular flexibility index (Phi) is 5.47. The predicted molar refractivity (Wildman–Crippen MR) is 121 cm³/mol. The molecule has 0 unspecified atom stereocenters. The summed E-state index contributed by atoms with van der Waals surface area (Å²) < 4.78 is 46.1. The van der Waals surface area contributed by atoms with Crippen LogP contribution in [0.1, 0.15) is 24.1 Å². The fourth-order valence-electron chi connectivity index (χ4n) is 3.71. The number of nitrogens with zero attached hydrogens (tertiary/aromatic N) is 3. The Labute approximate surface area is 193 Å². The number of carbonyl (C=O) groups excluding carboxylic acids is 1. The van der Waals surface area contributed by atoms with Crippen molar-refractivity contribution in [1.82, 2.24) is 14.5 Å². The monoisotopic (exact) mass is 466 g/mol. The molecule has 0 saturated heterocycles. The van der Waals surface area contributed by atoms with Crippen molar-refractivity contribution >= 4 is 28.5 Å². The maximum atomic E-state index is 12.8. The van der Waals surface area contributed by atoms with E-state index in [9.17, 15) is 18.0 Å². The van der Waals surface area contributed by atoms with E-state index in [1.165, 1.54) is 12.1 Å². The van der Waals surface area contributed by atoms with Crippen LogP contribution in [0, 0.1) is 5.92 Å². The van der Waals surface area contributed by atoms with E-state index < -0.39 is 11.7 Å². The van der Waals surface area contributed by atoms with Gasteiger partial charge < -0.3 is 14.6 Å². The molecule has 2 aromatic carbocycles. The van der Waals surface area contributed by atoms with Crippen molar-refractivity contribution in [1.29, 1.82) is 0 Å². The summed E-state index contributed by atoms with van der Waals surface area (Å²) >= 11 is 0. The lowest BCUT2D eigenvalue weighted by Gasteiger charge is -2.09. The standard InChI is InChI=1S/C25H21F3N4O2/c1-32-22-9-8-19(34-20-10-11-29-18(12-20)13-23(33)15-2-3-15)14-21(22)31-24(32)30-17-6-4-16(5-7-17)25(26,27)28/h4-12,14-15H,2-3,13H2,1H3,(H,30,31). The molecule has 0 amide bonds. The van der Waals surface area contributed by atoms with Crippen molar-refractivity contribution in [2.75, 3.05) is 5.32 Å². The first-order chi connectivity index (χ1) is 16.3. The number of carbonyl (C=O) groups is 1. The van der Waals surface area contributed by atoms with E-state index in [-0.39, 0.29) is 11.7 Å². The van der Waals surface area contributed by atoms with Crippen molar-refractivity contribution in [3.05, 3.63) is 72.1 Å². The fourth-order valence-corrected chi connectivity index (χ4v) is 3.71. The van der Waals surface area contributed by atoms with E-state index in [2.05, 4.69) is 15.3 Å². The number of ether oxygens (including phenoxy) is 1. The van der Waals surface area contributed by atoms with Crippen LogP contribution in [-0.4, -0.2) is 20.3 Å². The fraction of sp³-hybridized carbons (Fsp3) is 0.240. The second-order valence-corrected chi connectivity index (χ2v) is 8.35. The minimum absolute atomic E-state index is 0.184. The summed E-state index contributed by atoms with van der Waals surface area (Å²) in [5.74, 6) is 2.02. The van der Waals surface area contributed by atoms with Crippen LogP contribution in [0.5, 0.6) is 11.5 Å². The Morgan fingerprint density at radius 1 is 1.09 bits per heavy atom. The van der Waals surface area contributed by atoms with Crippen LogP contribution in [0.25, 0.3) is 11.0 Å². The topological polar surface area (TPSA) is 69.0 Å². The summed E-state index contributed by atoms with van der Waals surface area (Å²) in [6, 6.07) is 13.7. The molecule has 0 spiro atoms. The number of hydrogen-bond acceptors (Lipinski definition) is 5. The van der Waals surface area contributed by atoms with Crippen LogP contribution in [0.2, 0.25) is 0 Å². The third kappa shape index (κ3) is 4.73. The first-order valence-electron chi connectivity index (χ1n) is 10.8.